The van der Waals surface area contributed by atoms with Crippen LogP contribution in [0, 0.1) is 11.8 Å². The molecule has 0 aromatic rings. The number of hydrogen-bond acceptors (Lipinski definition) is 3. The van der Waals surface area contributed by atoms with E-state index in [2.05, 4.69) is 13.8 Å². The van der Waals surface area contributed by atoms with Crippen molar-refractivity contribution >= 4 is 0 Å². The topological polar surface area (TPSA) is 27.7 Å². The molecule has 0 amide bonds. The van der Waals surface area contributed by atoms with Gasteiger partial charge >= 0.3 is 0 Å². The Kier molecular flexibility index (Phi) is 3.42. The van der Waals surface area contributed by atoms with Crippen LogP contribution in [0.25, 0.3) is 0 Å². The minimum atomic E-state index is 0.0432. The highest BCUT2D eigenvalue weighted by Gasteiger charge is 2.35. The molecule has 0 N–H and O–H groups in total. The summed E-state index contributed by atoms with van der Waals surface area (Å²) in [4.78, 5) is 0. The summed E-state index contributed by atoms with van der Waals surface area (Å²) in [5.41, 5.74) is 0. The Hall–Kier alpha value is -0.120. The fourth-order valence-corrected chi connectivity index (χ4v) is 1.93. The largest absolute Gasteiger partial charge is 0.375 e. The summed E-state index contributed by atoms with van der Waals surface area (Å²) in [7, 11) is 0. The van der Waals surface area contributed by atoms with Crippen molar-refractivity contribution < 1.29 is 14.2 Å². The molecule has 0 bridgehead atoms. The molecule has 2 aliphatic rings. The quantitative estimate of drug-likeness (QED) is 0.677. The molecule has 2 heterocycles. The van der Waals surface area contributed by atoms with E-state index in [0.717, 1.165) is 19.6 Å². The van der Waals surface area contributed by atoms with Crippen LogP contribution in [-0.4, -0.2) is 32.2 Å². The van der Waals surface area contributed by atoms with Gasteiger partial charge in [0.05, 0.1) is 25.9 Å². The molecular formula is C11H20O3. The summed E-state index contributed by atoms with van der Waals surface area (Å²) in [5.74, 6) is 1.31. The van der Waals surface area contributed by atoms with Gasteiger partial charge in [-0.2, -0.15) is 0 Å². The van der Waals surface area contributed by atoms with Crippen LogP contribution < -0.4 is 0 Å². The second kappa shape index (κ2) is 4.60. The molecule has 0 aromatic heterocycles. The van der Waals surface area contributed by atoms with E-state index < -0.39 is 0 Å². The summed E-state index contributed by atoms with van der Waals surface area (Å²) < 4.78 is 16.5. The first-order chi connectivity index (χ1) is 6.85. The fraction of sp³-hybridized carbons (Fsp3) is 1.00. The van der Waals surface area contributed by atoms with Crippen molar-refractivity contribution in [1.82, 2.24) is 0 Å². The van der Waals surface area contributed by atoms with Crippen LogP contribution in [-0.2, 0) is 14.2 Å². The Morgan fingerprint density at radius 3 is 2.21 bits per heavy atom. The molecule has 4 unspecified atom stereocenters. The monoisotopic (exact) mass is 200 g/mol. The lowest BCUT2D eigenvalue weighted by Crippen LogP contribution is -2.47. The molecule has 0 spiro atoms. The minimum Gasteiger partial charge on any atom is -0.375 e. The Balaban J connectivity index is 1.63. The van der Waals surface area contributed by atoms with Crippen molar-refractivity contribution in [3.05, 3.63) is 0 Å². The molecule has 2 aliphatic heterocycles. The zero-order valence-electron chi connectivity index (χ0n) is 9.07. The van der Waals surface area contributed by atoms with Crippen LogP contribution in [0.3, 0.4) is 0 Å². The Morgan fingerprint density at radius 1 is 1.07 bits per heavy atom. The second-order valence-corrected chi connectivity index (χ2v) is 4.24. The Morgan fingerprint density at radius 2 is 1.79 bits per heavy atom. The van der Waals surface area contributed by atoms with Gasteiger partial charge in [-0.25, -0.2) is 0 Å². The average Bonchev–Trinajstić information content (AvgIpc) is 2.10. The van der Waals surface area contributed by atoms with Gasteiger partial charge in [-0.3, -0.25) is 0 Å². The molecule has 0 aliphatic carbocycles. The van der Waals surface area contributed by atoms with Crippen molar-refractivity contribution in [2.24, 2.45) is 11.8 Å². The van der Waals surface area contributed by atoms with Gasteiger partial charge in [0, 0.05) is 11.8 Å². The van der Waals surface area contributed by atoms with Gasteiger partial charge in [0.15, 0.2) is 6.29 Å². The maximum Gasteiger partial charge on any atom is 0.162 e. The highest BCUT2D eigenvalue weighted by atomic mass is 16.7. The van der Waals surface area contributed by atoms with Gasteiger partial charge in [-0.05, 0) is 12.8 Å². The van der Waals surface area contributed by atoms with Crippen LogP contribution in [0.1, 0.15) is 26.7 Å². The summed E-state index contributed by atoms with van der Waals surface area (Å²) >= 11 is 0. The summed E-state index contributed by atoms with van der Waals surface area (Å²) in [5, 5.41) is 0. The summed E-state index contributed by atoms with van der Waals surface area (Å²) in [6.07, 6.45) is 2.70. The minimum absolute atomic E-state index is 0.0432. The standard InChI is InChI=1S/C11H20O3/c1-3-8-5-12-10(8)7-14-11-9(4-2)6-13-11/h8-11H,3-7H2,1-2H3. The molecule has 0 radical (unpaired) electrons. The first-order valence-electron chi connectivity index (χ1n) is 5.70. The first-order valence-corrected chi connectivity index (χ1v) is 5.70. The lowest BCUT2D eigenvalue weighted by atomic mass is 9.96. The molecule has 4 atom stereocenters. The normalized spacial score (nSPS) is 41.6. The SMILES string of the molecule is CCC1COC1COC1OCC1CC. The summed E-state index contributed by atoms with van der Waals surface area (Å²) in [6, 6.07) is 0. The third-order valence-electron chi connectivity index (χ3n) is 3.38. The van der Waals surface area contributed by atoms with E-state index in [0.29, 0.717) is 24.5 Å². The van der Waals surface area contributed by atoms with E-state index in [1.165, 1.54) is 6.42 Å². The van der Waals surface area contributed by atoms with Crippen molar-refractivity contribution in [3.8, 4) is 0 Å². The summed E-state index contributed by atoms with van der Waals surface area (Å²) in [6.45, 7) is 6.87. The van der Waals surface area contributed by atoms with Crippen molar-refractivity contribution in [3.63, 3.8) is 0 Å². The molecule has 0 aromatic carbocycles. The molecule has 3 heteroatoms. The predicted octanol–water partition coefficient (Wildman–Crippen LogP) is 1.81. The molecule has 82 valence electrons. The molecule has 14 heavy (non-hydrogen) atoms. The number of hydrogen-bond donors (Lipinski definition) is 0. The number of rotatable bonds is 5. The van der Waals surface area contributed by atoms with Gasteiger partial charge in [0.2, 0.25) is 0 Å². The molecule has 3 nitrogen and oxygen atoms in total. The van der Waals surface area contributed by atoms with Gasteiger partial charge < -0.3 is 14.2 Å². The van der Waals surface area contributed by atoms with Crippen LogP contribution in [0.2, 0.25) is 0 Å². The highest BCUT2D eigenvalue weighted by molar-refractivity contribution is 4.78. The Bertz CT molecular complexity index is 159. The van der Waals surface area contributed by atoms with Crippen molar-refractivity contribution in [2.45, 2.75) is 39.1 Å². The highest BCUT2D eigenvalue weighted by Crippen LogP contribution is 2.28. The molecule has 2 rings (SSSR count). The third kappa shape index (κ3) is 1.95. The zero-order chi connectivity index (χ0) is 9.97. The predicted molar refractivity (Wildman–Crippen MR) is 53.0 cm³/mol. The lowest BCUT2D eigenvalue weighted by Gasteiger charge is -2.40. The fourth-order valence-electron chi connectivity index (χ4n) is 1.93. The Labute approximate surface area is 85.7 Å². The van der Waals surface area contributed by atoms with Gasteiger partial charge in [0.25, 0.3) is 0 Å². The van der Waals surface area contributed by atoms with Gasteiger partial charge in [-0.1, -0.05) is 13.8 Å². The van der Waals surface area contributed by atoms with Gasteiger partial charge in [-0.15, -0.1) is 0 Å². The lowest BCUT2D eigenvalue weighted by molar-refractivity contribution is -0.279. The second-order valence-electron chi connectivity index (χ2n) is 4.24. The van der Waals surface area contributed by atoms with E-state index in [1.54, 1.807) is 0 Å². The van der Waals surface area contributed by atoms with Crippen LogP contribution in [0.15, 0.2) is 0 Å². The maximum atomic E-state index is 5.67. The third-order valence-corrected chi connectivity index (χ3v) is 3.38. The van der Waals surface area contributed by atoms with Gasteiger partial charge in [0.1, 0.15) is 0 Å². The van der Waals surface area contributed by atoms with Crippen LogP contribution >= 0.6 is 0 Å². The zero-order valence-corrected chi connectivity index (χ0v) is 9.07. The first kappa shape index (κ1) is 10.4. The molecule has 0 saturated carbocycles. The van der Waals surface area contributed by atoms with E-state index in [9.17, 15) is 0 Å². The van der Waals surface area contributed by atoms with E-state index in [4.69, 9.17) is 14.2 Å². The number of ether oxygens (including phenoxy) is 3. The van der Waals surface area contributed by atoms with E-state index >= 15 is 0 Å². The maximum absolute atomic E-state index is 5.67. The van der Waals surface area contributed by atoms with Crippen LogP contribution in [0.5, 0.6) is 0 Å². The smallest absolute Gasteiger partial charge is 0.162 e. The van der Waals surface area contributed by atoms with E-state index in [-0.39, 0.29) is 6.29 Å². The molecule has 2 saturated heterocycles. The van der Waals surface area contributed by atoms with E-state index in [1.807, 2.05) is 0 Å². The average molecular weight is 200 g/mol. The molecular weight excluding hydrogens is 180 g/mol. The molecule has 2 fully saturated rings. The van der Waals surface area contributed by atoms with Crippen molar-refractivity contribution in [1.29, 1.82) is 0 Å². The van der Waals surface area contributed by atoms with Crippen molar-refractivity contribution in [2.75, 3.05) is 19.8 Å². The van der Waals surface area contributed by atoms with Crippen LogP contribution in [0.4, 0.5) is 0 Å².